The Hall–Kier alpha value is -1.14. The number of rotatable bonds is 3. The fraction of sp³-hybridized carbons (Fsp3) is 0.846. The highest BCUT2D eigenvalue weighted by molar-refractivity contribution is 5.90. The molecule has 2 unspecified atom stereocenters. The van der Waals surface area contributed by atoms with Gasteiger partial charge in [-0.15, -0.1) is 0 Å². The number of piperidine rings is 1. The Morgan fingerprint density at radius 3 is 2.89 bits per heavy atom. The van der Waals surface area contributed by atoms with Crippen LogP contribution in [0.4, 0.5) is 0 Å². The lowest BCUT2D eigenvalue weighted by Gasteiger charge is -2.43. The van der Waals surface area contributed by atoms with E-state index in [0.717, 1.165) is 25.8 Å². The summed E-state index contributed by atoms with van der Waals surface area (Å²) in [5.41, 5.74) is 5.00. The van der Waals surface area contributed by atoms with Crippen LogP contribution in [0, 0.1) is 5.41 Å². The normalized spacial score (nSPS) is 32.1. The molecule has 2 atom stereocenters. The summed E-state index contributed by atoms with van der Waals surface area (Å²) in [5.74, 6) is -0.433. The van der Waals surface area contributed by atoms with Gasteiger partial charge in [-0.05, 0) is 25.8 Å². The molecule has 2 rings (SSSR count). The molecule has 0 bridgehead atoms. The molecule has 2 aliphatic heterocycles. The molecule has 0 aromatic heterocycles. The van der Waals surface area contributed by atoms with Crippen LogP contribution in [0.25, 0.3) is 0 Å². The Balaban J connectivity index is 2.17. The number of nitrogens with one attached hydrogen (secondary N) is 1. The number of hydrogen-bond acceptors (Lipinski definition) is 4. The van der Waals surface area contributed by atoms with Gasteiger partial charge in [0.1, 0.15) is 6.04 Å². The number of nitrogens with two attached hydrogens (primary N) is 1. The van der Waals surface area contributed by atoms with Crippen molar-refractivity contribution < 1.29 is 14.3 Å². The van der Waals surface area contributed by atoms with E-state index < -0.39 is 11.9 Å². The third-order valence-corrected chi connectivity index (χ3v) is 4.32. The molecule has 2 fully saturated rings. The summed E-state index contributed by atoms with van der Waals surface area (Å²) in [6, 6.07) is -0.619. The maximum atomic E-state index is 12.8. The first-order valence-electron chi connectivity index (χ1n) is 6.99. The van der Waals surface area contributed by atoms with Crippen LogP contribution < -0.4 is 11.1 Å². The second kappa shape index (κ2) is 5.88. The Morgan fingerprint density at radius 1 is 1.53 bits per heavy atom. The van der Waals surface area contributed by atoms with E-state index in [9.17, 15) is 9.59 Å². The highest BCUT2D eigenvalue weighted by Gasteiger charge is 2.44. The van der Waals surface area contributed by atoms with Crippen molar-refractivity contribution >= 4 is 11.8 Å². The zero-order valence-corrected chi connectivity index (χ0v) is 11.5. The Labute approximate surface area is 113 Å². The third-order valence-electron chi connectivity index (χ3n) is 4.32. The van der Waals surface area contributed by atoms with Crippen molar-refractivity contribution in [2.24, 2.45) is 11.1 Å². The molecule has 0 saturated carbocycles. The van der Waals surface area contributed by atoms with Gasteiger partial charge in [0.05, 0.1) is 18.6 Å². The Bertz CT molecular complexity index is 353. The van der Waals surface area contributed by atoms with E-state index in [1.165, 1.54) is 0 Å². The molecular formula is C13H23N3O3. The van der Waals surface area contributed by atoms with E-state index in [1.807, 2.05) is 6.92 Å². The van der Waals surface area contributed by atoms with Crippen LogP contribution >= 0.6 is 0 Å². The maximum absolute atomic E-state index is 12.8. The summed E-state index contributed by atoms with van der Waals surface area (Å²) < 4.78 is 5.27. The molecule has 2 saturated heterocycles. The standard InChI is InChI=1S/C13H23N3O3/c1-2-13(4-3-5-15-9-13)12(18)16-6-7-19-8-10(16)11(14)17/h10,15H,2-9H2,1H3,(H2,14,17). The zero-order valence-electron chi connectivity index (χ0n) is 11.5. The molecule has 108 valence electrons. The van der Waals surface area contributed by atoms with E-state index >= 15 is 0 Å². The number of primary amides is 1. The van der Waals surface area contributed by atoms with Crippen LogP contribution in [0.1, 0.15) is 26.2 Å². The summed E-state index contributed by atoms with van der Waals surface area (Å²) in [6.07, 6.45) is 2.64. The molecule has 6 heteroatoms. The van der Waals surface area contributed by atoms with Gasteiger partial charge in [0.2, 0.25) is 11.8 Å². The molecule has 0 aliphatic carbocycles. The topological polar surface area (TPSA) is 84.7 Å². The predicted molar refractivity (Wildman–Crippen MR) is 70.3 cm³/mol. The average Bonchev–Trinajstić information content (AvgIpc) is 2.47. The van der Waals surface area contributed by atoms with Crippen molar-refractivity contribution in [3.05, 3.63) is 0 Å². The SMILES string of the molecule is CCC1(C(=O)N2CCOCC2C(N)=O)CCCNC1. The van der Waals surface area contributed by atoms with Crippen molar-refractivity contribution in [1.29, 1.82) is 0 Å². The molecule has 0 aromatic rings. The monoisotopic (exact) mass is 269 g/mol. The smallest absolute Gasteiger partial charge is 0.242 e. The Morgan fingerprint density at radius 2 is 2.32 bits per heavy atom. The van der Waals surface area contributed by atoms with Crippen LogP contribution in [-0.4, -0.2) is 55.6 Å². The zero-order chi connectivity index (χ0) is 13.9. The minimum Gasteiger partial charge on any atom is -0.377 e. The first-order valence-corrected chi connectivity index (χ1v) is 6.99. The minimum absolute atomic E-state index is 0.0503. The first kappa shape index (κ1) is 14.3. The van der Waals surface area contributed by atoms with Crippen molar-refractivity contribution in [1.82, 2.24) is 10.2 Å². The van der Waals surface area contributed by atoms with Gasteiger partial charge in [0, 0.05) is 13.1 Å². The van der Waals surface area contributed by atoms with Crippen molar-refractivity contribution in [3.8, 4) is 0 Å². The van der Waals surface area contributed by atoms with Gasteiger partial charge in [-0.2, -0.15) is 0 Å². The van der Waals surface area contributed by atoms with Crippen LogP contribution in [0.15, 0.2) is 0 Å². The van der Waals surface area contributed by atoms with Crippen molar-refractivity contribution in [3.63, 3.8) is 0 Å². The summed E-state index contributed by atoms with van der Waals surface area (Å²) >= 11 is 0. The second-order valence-corrected chi connectivity index (χ2v) is 5.41. The van der Waals surface area contributed by atoms with Gasteiger partial charge in [0.25, 0.3) is 0 Å². The fourth-order valence-electron chi connectivity index (χ4n) is 2.99. The van der Waals surface area contributed by atoms with Gasteiger partial charge in [-0.25, -0.2) is 0 Å². The number of morpholine rings is 1. The Kier molecular flexibility index (Phi) is 4.42. The van der Waals surface area contributed by atoms with Crippen LogP contribution in [0.3, 0.4) is 0 Å². The molecule has 0 spiro atoms. The summed E-state index contributed by atoms with van der Waals surface area (Å²) in [6.45, 7) is 4.82. The molecule has 2 amide bonds. The lowest BCUT2D eigenvalue weighted by atomic mass is 9.76. The average molecular weight is 269 g/mol. The highest BCUT2D eigenvalue weighted by Crippen LogP contribution is 2.33. The molecule has 0 aromatic carbocycles. The molecule has 0 radical (unpaired) electrons. The first-order chi connectivity index (χ1) is 9.10. The van der Waals surface area contributed by atoms with Crippen LogP contribution in [0.5, 0.6) is 0 Å². The summed E-state index contributed by atoms with van der Waals surface area (Å²) in [5, 5.41) is 3.30. The van der Waals surface area contributed by atoms with E-state index in [1.54, 1.807) is 4.90 Å². The number of hydrogen-bond donors (Lipinski definition) is 2. The van der Waals surface area contributed by atoms with Gasteiger partial charge in [-0.3, -0.25) is 9.59 Å². The van der Waals surface area contributed by atoms with Crippen LogP contribution in [-0.2, 0) is 14.3 Å². The van der Waals surface area contributed by atoms with Gasteiger partial charge in [-0.1, -0.05) is 6.92 Å². The van der Waals surface area contributed by atoms with Crippen LogP contribution in [0.2, 0.25) is 0 Å². The number of ether oxygens (including phenoxy) is 1. The lowest BCUT2D eigenvalue weighted by Crippen LogP contribution is -2.60. The molecule has 19 heavy (non-hydrogen) atoms. The predicted octanol–water partition coefficient (Wildman–Crippen LogP) is -0.521. The quantitative estimate of drug-likeness (QED) is 0.722. The van der Waals surface area contributed by atoms with Gasteiger partial charge < -0.3 is 20.7 Å². The molecule has 3 N–H and O–H groups in total. The van der Waals surface area contributed by atoms with Crippen molar-refractivity contribution in [2.75, 3.05) is 32.8 Å². The fourth-order valence-corrected chi connectivity index (χ4v) is 2.99. The largest absolute Gasteiger partial charge is 0.377 e. The van der Waals surface area contributed by atoms with Gasteiger partial charge >= 0.3 is 0 Å². The number of carbonyl (C=O) groups excluding carboxylic acids is 2. The summed E-state index contributed by atoms with van der Waals surface area (Å²) in [4.78, 5) is 25.9. The van der Waals surface area contributed by atoms with E-state index in [-0.39, 0.29) is 17.9 Å². The maximum Gasteiger partial charge on any atom is 0.242 e. The number of amides is 2. The highest BCUT2D eigenvalue weighted by atomic mass is 16.5. The molecule has 2 aliphatic rings. The van der Waals surface area contributed by atoms with E-state index in [2.05, 4.69) is 5.32 Å². The number of nitrogens with zero attached hydrogens (tertiary/aromatic N) is 1. The minimum atomic E-state index is -0.619. The molecule has 2 heterocycles. The third kappa shape index (κ3) is 2.74. The van der Waals surface area contributed by atoms with Crippen molar-refractivity contribution in [2.45, 2.75) is 32.2 Å². The molecular weight excluding hydrogens is 246 g/mol. The second-order valence-electron chi connectivity index (χ2n) is 5.41. The summed E-state index contributed by atoms with van der Waals surface area (Å²) in [7, 11) is 0. The van der Waals surface area contributed by atoms with E-state index in [0.29, 0.717) is 19.7 Å². The lowest BCUT2D eigenvalue weighted by molar-refractivity contribution is -0.156. The van der Waals surface area contributed by atoms with E-state index in [4.69, 9.17) is 10.5 Å². The van der Waals surface area contributed by atoms with Gasteiger partial charge in [0.15, 0.2) is 0 Å². The number of carbonyl (C=O) groups is 2. The molecule has 6 nitrogen and oxygen atoms in total.